The normalized spacial score (nSPS) is 11.5. The van der Waals surface area contributed by atoms with Crippen molar-refractivity contribution >= 4 is 7.59 Å². The molecule has 0 saturated carbocycles. The molecule has 0 fully saturated rings. The van der Waals surface area contributed by atoms with Crippen molar-refractivity contribution in [2.75, 3.05) is 6.54 Å². The van der Waals surface area contributed by atoms with E-state index < -0.39 is 7.59 Å². The fourth-order valence-corrected chi connectivity index (χ4v) is 1.38. The van der Waals surface area contributed by atoms with Crippen LogP contribution in [-0.4, -0.2) is 11.5 Å². The van der Waals surface area contributed by atoms with Gasteiger partial charge in [-0.2, -0.15) is 0 Å². The van der Waals surface area contributed by atoms with E-state index in [2.05, 4.69) is 10.1 Å². The molecule has 0 aromatic carbocycles. The van der Waals surface area contributed by atoms with Gasteiger partial charge in [0.05, 0.1) is 0 Å². The molecule has 1 heterocycles. The molecular formula is C7H13N4OP. The highest BCUT2D eigenvalue weighted by Gasteiger charge is 2.05. The average Bonchev–Trinajstić information content (AvgIpc) is 2.04. The third-order valence-electron chi connectivity index (χ3n) is 1.50. The van der Waals surface area contributed by atoms with Crippen LogP contribution in [0.5, 0.6) is 0 Å². The molecule has 0 spiro atoms. The number of nitrogens with zero attached hydrogens (tertiary/aromatic N) is 1. The first-order chi connectivity index (χ1) is 6.08. The van der Waals surface area contributed by atoms with Gasteiger partial charge in [0.15, 0.2) is 0 Å². The van der Waals surface area contributed by atoms with Crippen LogP contribution in [0.3, 0.4) is 0 Å². The molecule has 0 amide bonds. The predicted octanol–water partition coefficient (Wildman–Crippen LogP) is 0.239. The van der Waals surface area contributed by atoms with Crippen LogP contribution in [0.1, 0.15) is 5.56 Å². The summed E-state index contributed by atoms with van der Waals surface area (Å²) in [6, 6.07) is 3.78. The summed E-state index contributed by atoms with van der Waals surface area (Å²) < 4.78 is 10.8. The number of hydrogen-bond acceptors (Lipinski definition) is 2. The van der Waals surface area contributed by atoms with Crippen LogP contribution in [0.15, 0.2) is 24.5 Å². The van der Waals surface area contributed by atoms with E-state index in [1.807, 2.05) is 12.1 Å². The largest absolute Gasteiger partial charge is 0.273 e. The maximum absolute atomic E-state index is 10.8. The molecule has 0 atom stereocenters. The van der Waals surface area contributed by atoms with Crippen molar-refractivity contribution in [2.45, 2.75) is 6.42 Å². The zero-order valence-electron chi connectivity index (χ0n) is 7.18. The van der Waals surface area contributed by atoms with Crippen molar-refractivity contribution in [3.63, 3.8) is 0 Å². The van der Waals surface area contributed by atoms with Crippen molar-refractivity contribution in [3.8, 4) is 0 Å². The van der Waals surface area contributed by atoms with Gasteiger partial charge in [0, 0.05) is 18.9 Å². The van der Waals surface area contributed by atoms with Gasteiger partial charge in [-0.1, -0.05) is 6.07 Å². The minimum absolute atomic E-state index is 0.496. The van der Waals surface area contributed by atoms with Gasteiger partial charge in [0.1, 0.15) is 0 Å². The lowest BCUT2D eigenvalue weighted by molar-refractivity contribution is 0.566. The fraction of sp³-hybridized carbons (Fsp3) is 0.286. The molecule has 1 aromatic rings. The summed E-state index contributed by atoms with van der Waals surface area (Å²) in [6.45, 7) is 0.496. The molecule has 0 unspecified atom stereocenters. The lowest BCUT2D eigenvalue weighted by atomic mass is 10.2. The molecule has 1 aromatic heterocycles. The molecule has 72 valence electrons. The first kappa shape index (κ1) is 10.3. The van der Waals surface area contributed by atoms with Gasteiger partial charge in [-0.05, 0) is 18.1 Å². The predicted molar refractivity (Wildman–Crippen MR) is 51.9 cm³/mol. The van der Waals surface area contributed by atoms with Crippen LogP contribution in [0, 0.1) is 0 Å². The minimum atomic E-state index is -3.07. The Bertz CT molecular complexity index is 297. The fourth-order valence-electron chi connectivity index (χ4n) is 0.921. The lowest BCUT2D eigenvalue weighted by Gasteiger charge is -2.07. The van der Waals surface area contributed by atoms with Crippen molar-refractivity contribution < 1.29 is 4.57 Å². The van der Waals surface area contributed by atoms with Gasteiger partial charge >= 0.3 is 0 Å². The number of nitrogens with two attached hydrogens (primary N) is 2. The Morgan fingerprint density at radius 2 is 2.31 bits per heavy atom. The van der Waals surface area contributed by atoms with Gasteiger partial charge in [0.2, 0.25) is 0 Å². The summed E-state index contributed by atoms with van der Waals surface area (Å²) in [5.41, 5.74) is 11.3. The molecule has 0 aliphatic carbocycles. The molecule has 0 radical (unpaired) electrons. The first-order valence-corrected chi connectivity index (χ1v) is 5.74. The number of nitrogens with one attached hydrogen (secondary N) is 1. The van der Waals surface area contributed by atoms with Crippen molar-refractivity contribution in [2.24, 2.45) is 11.0 Å². The van der Waals surface area contributed by atoms with Crippen molar-refractivity contribution in [1.29, 1.82) is 0 Å². The first-order valence-electron chi connectivity index (χ1n) is 3.89. The summed E-state index contributed by atoms with van der Waals surface area (Å²) in [4.78, 5) is 3.94. The Kier molecular flexibility index (Phi) is 3.57. The second-order valence-corrected chi connectivity index (χ2v) is 4.46. The van der Waals surface area contributed by atoms with Crippen LogP contribution in [-0.2, 0) is 11.0 Å². The summed E-state index contributed by atoms with van der Waals surface area (Å²) in [7, 11) is -3.07. The van der Waals surface area contributed by atoms with E-state index in [9.17, 15) is 4.57 Å². The lowest BCUT2D eigenvalue weighted by Crippen LogP contribution is -2.24. The molecule has 1 rings (SSSR count). The maximum Gasteiger partial charge on any atom is 0.273 e. The molecule has 0 aliphatic heterocycles. The van der Waals surface area contributed by atoms with E-state index >= 15 is 0 Å². The van der Waals surface area contributed by atoms with Crippen LogP contribution < -0.4 is 16.1 Å². The van der Waals surface area contributed by atoms with E-state index in [0.717, 1.165) is 5.56 Å². The topological polar surface area (TPSA) is 94.0 Å². The second kappa shape index (κ2) is 4.48. The third kappa shape index (κ3) is 4.75. The van der Waals surface area contributed by atoms with E-state index in [0.29, 0.717) is 13.0 Å². The minimum Gasteiger partial charge on any atom is -0.271 e. The highest BCUT2D eigenvalue weighted by atomic mass is 31.2. The van der Waals surface area contributed by atoms with Gasteiger partial charge < -0.3 is 0 Å². The molecule has 0 aliphatic rings. The monoisotopic (exact) mass is 200 g/mol. The van der Waals surface area contributed by atoms with Gasteiger partial charge in [-0.15, -0.1) is 0 Å². The van der Waals surface area contributed by atoms with Gasteiger partial charge in [-0.25, -0.2) is 5.09 Å². The molecule has 0 saturated heterocycles. The van der Waals surface area contributed by atoms with Crippen LogP contribution >= 0.6 is 7.59 Å². The molecule has 5 nitrogen and oxygen atoms in total. The zero-order valence-corrected chi connectivity index (χ0v) is 8.08. The van der Waals surface area contributed by atoms with Crippen LogP contribution in [0.2, 0.25) is 0 Å². The molecular weight excluding hydrogens is 187 g/mol. The molecule has 5 N–H and O–H groups in total. The SMILES string of the molecule is NP(N)(=O)NCCc1cccnc1. The summed E-state index contributed by atoms with van der Waals surface area (Å²) >= 11 is 0. The Balaban J connectivity index is 2.33. The summed E-state index contributed by atoms with van der Waals surface area (Å²) in [6.07, 6.45) is 4.17. The van der Waals surface area contributed by atoms with Crippen LogP contribution in [0.25, 0.3) is 0 Å². The average molecular weight is 200 g/mol. The smallest absolute Gasteiger partial charge is 0.271 e. The Labute approximate surface area is 77.1 Å². The standard InChI is InChI=1S/C7H13N4OP/c8-13(9,12)11-5-3-7-2-1-4-10-6-7/h1-2,4,6H,3,5H2,(H5,8,9,11,12). The molecule has 6 heteroatoms. The van der Waals surface area contributed by atoms with E-state index in [1.165, 1.54) is 0 Å². The van der Waals surface area contributed by atoms with E-state index in [-0.39, 0.29) is 0 Å². The van der Waals surface area contributed by atoms with E-state index in [4.69, 9.17) is 11.0 Å². The molecule has 0 bridgehead atoms. The van der Waals surface area contributed by atoms with Crippen molar-refractivity contribution in [3.05, 3.63) is 30.1 Å². The van der Waals surface area contributed by atoms with E-state index in [1.54, 1.807) is 12.4 Å². The molecule has 13 heavy (non-hydrogen) atoms. The van der Waals surface area contributed by atoms with Gasteiger partial charge in [-0.3, -0.25) is 20.6 Å². The zero-order chi connectivity index (χ0) is 9.73. The highest BCUT2D eigenvalue weighted by Crippen LogP contribution is 2.16. The Hall–Kier alpha value is -0.740. The second-order valence-electron chi connectivity index (χ2n) is 2.73. The Morgan fingerprint density at radius 3 is 2.85 bits per heavy atom. The van der Waals surface area contributed by atoms with Crippen molar-refractivity contribution in [1.82, 2.24) is 10.1 Å². The van der Waals surface area contributed by atoms with Gasteiger partial charge in [0.25, 0.3) is 7.59 Å². The number of aromatic nitrogens is 1. The number of pyridine rings is 1. The number of hydrogen-bond donors (Lipinski definition) is 3. The Morgan fingerprint density at radius 1 is 1.54 bits per heavy atom. The summed E-state index contributed by atoms with van der Waals surface area (Å²) in [5, 5.41) is 2.55. The van der Waals surface area contributed by atoms with Crippen LogP contribution in [0.4, 0.5) is 0 Å². The summed E-state index contributed by atoms with van der Waals surface area (Å²) in [5.74, 6) is 0. The quantitative estimate of drug-likeness (QED) is 0.605. The maximum atomic E-state index is 10.8. The highest BCUT2D eigenvalue weighted by molar-refractivity contribution is 7.56. The number of rotatable bonds is 4. The third-order valence-corrected chi connectivity index (χ3v) is 2.21.